The van der Waals surface area contributed by atoms with Gasteiger partial charge in [-0.1, -0.05) is 30.7 Å². The molecule has 7 heteroatoms. The predicted octanol–water partition coefficient (Wildman–Crippen LogP) is 4.68. The minimum atomic E-state index is 0.0179. The molecule has 3 aromatic rings. The molecule has 1 amide bonds. The first-order valence-corrected chi connectivity index (χ1v) is 12.0. The van der Waals surface area contributed by atoms with E-state index < -0.39 is 0 Å². The molecule has 0 saturated carbocycles. The number of aryl methyl sites for hydroxylation is 1. The molecule has 1 saturated heterocycles. The number of piperazine rings is 1. The van der Waals surface area contributed by atoms with Gasteiger partial charge in [-0.3, -0.25) is 4.79 Å². The minimum absolute atomic E-state index is 0.0179. The van der Waals surface area contributed by atoms with Crippen molar-refractivity contribution >= 4 is 23.2 Å². The molecule has 1 aromatic heterocycles. The number of carbonyl (C=O) groups excluding carboxylic acids is 1. The van der Waals surface area contributed by atoms with E-state index in [9.17, 15) is 4.79 Å². The number of anilines is 1. The van der Waals surface area contributed by atoms with E-state index >= 15 is 0 Å². The highest BCUT2D eigenvalue weighted by Gasteiger charge is 2.20. The van der Waals surface area contributed by atoms with Crippen LogP contribution in [0.2, 0.25) is 5.02 Å². The van der Waals surface area contributed by atoms with Gasteiger partial charge in [-0.25, -0.2) is 4.98 Å². The van der Waals surface area contributed by atoms with Crippen LogP contribution < -0.4 is 9.64 Å². The summed E-state index contributed by atoms with van der Waals surface area (Å²) < 4.78 is 8.45. The van der Waals surface area contributed by atoms with Crippen LogP contribution in [0.25, 0.3) is 0 Å². The lowest BCUT2D eigenvalue weighted by Gasteiger charge is -2.36. The van der Waals surface area contributed by atoms with Gasteiger partial charge in [0.2, 0.25) is 5.91 Å². The van der Waals surface area contributed by atoms with Gasteiger partial charge in [0.1, 0.15) is 11.9 Å². The van der Waals surface area contributed by atoms with Crippen LogP contribution in [0, 0.1) is 0 Å². The molecule has 0 N–H and O–H groups in total. The van der Waals surface area contributed by atoms with E-state index in [1.165, 1.54) is 11.3 Å². The van der Waals surface area contributed by atoms with Crippen LogP contribution in [0.5, 0.6) is 5.75 Å². The smallest absolute Gasteiger partial charge is 0.222 e. The highest BCUT2D eigenvalue weighted by atomic mass is 35.5. The SMILES string of the molecule is CCC(=O)N1CCN(c2ccc(OC(CCc3ccc(Cl)cc3)Cn3ccnc3)cc2)CC1. The van der Waals surface area contributed by atoms with Crippen molar-refractivity contribution in [1.29, 1.82) is 0 Å². The Balaban J connectivity index is 1.36. The largest absolute Gasteiger partial charge is 0.489 e. The molecule has 0 bridgehead atoms. The predicted molar refractivity (Wildman–Crippen MR) is 132 cm³/mol. The van der Waals surface area contributed by atoms with E-state index in [4.69, 9.17) is 16.3 Å². The Morgan fingerprint density at radius 3 is 2.42 bits per heavy atom. The Hall–Kier alpha value is -2.99. The van der Waals surface area contributed by atoms with Crippen LogP contribution >= 0.6 is 11.6 Å². The minimum Gasteiger partial charge on any atom is -0.489 e. The number of hydrogen-bond donors (Lipinski definition) is 0. The molecule has 2 heterocycles. The highest BCUT2D eigenvalue weighted by Crippen LogP contribution is 2.23. The van der Waals surface area contributed by atoms with Crippen molar-refractivity contribution in [2.75, 3.05) is 31.1 Å². The van der Waals surface area contributed by atoms with Crippen LogP contribution in [0.1, 0.15) is 25.3 Å². The van der Waals surface area contributed by atoms with Crippen molar-refractivity contribution in [1.82, 2.24) is 14.5 Å². The van der Waals surface area contributed by atoms with E-state index in [1.54, 1.807) is 6.20 Å². The third-order valence-electron chi connectivity index (χ3n) is 6.08. The van der Waals surface area contributed by atoms with Crippen LogP contribution in [0.4, 0.5) is 5.69 Å². The molecule has 1 atom stereocenters. The molecular formula is C26H31ClN4O2. The van der Waals surface area contributed by atoms with E-state index in [1.807, 2.05) is 48.6 Å². The maximum Gasteiger partial charge on any atom is 0.222 e. The molecule has 1 fully saturated rings. The average Bonchev–Trinajstić information content (AvgIpc) is 3.37. The molecule has 1 unspecified atom stereocenters. The second kappa shape index (κ2) is 11.2. The molecule has 0 radical (unpaired) electrons. The summed E-state index contributed by atoms with van der Waals surface area (Å²) in [5.74, 6) is 1.10. The number of amides is 1. The Morgan fingerprint density at radius 2 is 1.79 bits per heavy atom. The summed E-state index contributed by atoms with van der Waals surface area (Å²) in [6, 6.07) is 16.3. The quantitative estimate of drug-likeness (QED) is 0.459. The summed E-state index contributed by atoms with van der Waals surface area (Å²) in [5.41, 5.74) is 2.41. The van der Waals surface area contributed by atoms with Gasteiger partial charge in [0.25, 0.3) is 0 Å². The monoisotopic (exact) mass is 466 g/mol. The van der Waals surface area contributed by atoms with E-state index in [-0.39, 0.29) is 12.0 Å². The fraction of sp³-hybridized carbons (Fsp3) is 0.385. The lowest BCUT2D eigenvalue weighted by molar-refractivity contribution is -0.131. The molecule has 2 aromatic carbocycles. The number of rotatable bonds is 9. The first kappa shape index (κ1) is 23.2. The summed E-state index contributed by atoms with van der Waals surface area (Å²) in [6.07, 6.45) is 7.97. The van der Waals surface area contributed by atoms with Crippen LogP contribution in [-0.4, -0.2) is 52.6 Å². The molecule has 1 aliphatic rings. The Labute approximate surface area is 200 Å². The molecule has 0 spiro atoms. The molecule has 4 rings (SSSR count). The second-order valence-electron chi connectivity index (χ2n) is 8.38. The van der Waals surface area contributed by atoms with Gasteiger partial charge in [-0.15, -0.1) is 0 Å². The van der Waals surface area contributed by atoms with Gasteiger partial charge >= 0.3 is 0 Å². The highest BCUT2D eigenvalue weighted by molar-refractivity contribution is 6.30. The average molecular weight is 467 g/mol. The molecule has 1 aliphatic heterocycles. The third kappa shape index (κ3) is 6.51. The van der Waals surface area contributed by atoms with Crippen molar-refractivity contribution in [3.8, 4) is 5.75 Å². The summed E-state index contributed by atoms with van der Waals surface area (Å²) in [6.45, 7) is 5.93. The Kier molecular flexibility index (Phi) is 7.89. The summed E-state index contributed by atoms with van der Waals surface area (Å²) >= 11 is 6.02. The van der Waals surface area contributed by atoms with E-state index in [0.29, 0.717) is 6.42 Å². The zero-order chi connectivity index (χ0) is 23.0. The van der Waals surface area contributed by atoms with E-state index in [2.05, 4.69) is 38.7 Å². The molecule has 0 aliphatic carbocycles. The number of hydrogen-bond acceptors (Lipinski definition) is 4. The van der Waals surface area contributed by atoms with Crippen molar-refractivity contribution in [3.63, 3.8) is 0 Å². The lowest BCUT2D eigenvalue weighted by Crippen LogP contribution is -2.48. The van der Waals surface area contributed by atoms with Crippen LogP contribution in [-0.2, 0) is 17.8 Å². The third-order valence-corrected chi connectivity index (χ3v) is 6.33. The Morgan fingerprint density at radius 1 is 1.06 bits per heavy atom. The zero-order valence-corrected chi connectivity index (χ0v) is 19.8. The van der Waals surface area contributed by atoms with Gasteiger partial charge in [0.05, 0.1) is 12.9 Å². The molecular weight excluding hydrogens is 436 g/mol. The zero-order valence-electron chi connectivity index (χ0n) is 19.1. The lowest BCUT2D eigenvalue weighted by atomic mass is 10.1. The maximum absolute atomic E-state index is 11.9. The molecule has 6 nitrogen and oxygen atoms in total. The van der Waals surface area contributed by atoms with E-state index in [0.717, 1.165) is 56.3 Å². The summed E-state index contributed by atoms with van der Waals surface area (Å²) in [7, 11) is 0. The van der Waals surface area contributed by atoms with Gasteiger partial charge in [-0.2, -0.15) is 0 Å². The topological polar surface area (TPSA) is 50.6 Å². The van der Waals surface area contributed by atoms with Crippen LogP contribution in [0.3, 0.4) is 0 Å². The number of ether oxygens (including phenoxy) is 1. The van der Waals surface area contributed by atoms with Crippen LogP contribution in [0.15, 0.2) is 67.3 Å². The van der Waals surface area contributed by atoms with Gasteiger partial charge in [-0.05, 0) is 54.8 Å². The Bertz CT molecular complexity index is 998. The molecule has 174 valence electrons. The van der Waals surface area contributed by atoms with Crippen molar-refractivity contribution in [2.45, 2.75) is 38.8 Å². The second-order valence-corrected chi connectivity index (χ2v) is 8.82. The van der Waals surface area contributed by atoms with Gasteiger partial charge in [0, 0.05) is 55.7 Å². The summed E-state index contributed by atoms with van der Waals surface area (Å²) in [5, 5.41) is 0.753. The number of benzene rings is 2. The van der Waals surface area contributed by atoms with Gasteiger partial charge in [0.15, 0.2) is 0 Å². The number of nitrogens with zero attached hydrogens (tertiary/aromatic N) is 4. The van der Waals surface area contributed by atoms with Crippen molar-refractivity contribution < 1.29 is 9.53 Å². The standard InChI is InChI=1S/C26H31ClN4O2/c1-2-26(32)31-17-15-30(16-18-31)23-8-11-24(12-9-23)33-25(19-29-14-13-28-20-29)10-5-21-3-6-22(27)7-4-21/h3-4,6-9,11-14,20,25H,2,5,10,15-19H2,1H3. The maximum atomic E-state index is 11.9. The fourth-order valence-corrected chi connectivity index (χ4v) is 4.29. The van der Waals surface area contributed by atoms with Crippen molar-refractivity contribution in [3.05, 3.63) is 77.8 Å². The first-order valence-electron chi connectivity index (χ1n) is 11.6. The number of imidazole rings is 1. The summed E-state index contributed by atoms with van der Waals surface area (Å²) in [4.78, 5) is 20.3. The normalized spacial score (nSPS) is 14.8. The van der Waals surface area contributed by atoms with Gasteiger partial charge < -0.3 is 19.1 Å². The first-order chi connectivity index (χ1) is 16.1. The number of aromatic nitrogens is 2. The van der Waals surface area contributed by atoms with Crippen molar-refractivity contribution in [2.24, 2.45) is 0 Å². The number of halogens is 1. The molecule has 33 heavy (non-hydrogen) atoms. The number of carbonyl (C=O) groups is 1. The fourth-order valence-electron chi connectivity index (χ4n) is 4.16.